The maximum Gasteiger partial charge on any atom is 0.140 e. The maximum absolute atomic E-state index is 5.07. The van der Waals surface area contributed by atoms with E-state index in [1.807, 2.05) is 13.2 Å². The molecular formula is C8H12N2O. The van der Waals surface area contributed by atoms with Crippen molar-refractivity contribution in [2.45, 2.75) is 18.8 Å². The second kappa shape index (κ2) is 2.66. The van der Waals surface area contributed by atoms with Gasteiger partial charge in [-0.25, -0.2) is 0 Å². The van der Waals surface area contributed by atoms with Crippen LogP contribution >= 0.6 is 0 Å². The Morgan fingerprint density at radius 3 is 3.55 bits per heavy atom. The lowest BCUT2D eigenvalue weighted by Crippen LogP contribution is -2.14. The number of nitrogens with one attached hydrogen (secondary N) is 1. The van der Waals surface area contributed by atoms with Crippen LogP contribution in [0.1, 0.15) is 23.7 Å². The molecule has 1 aliphatic carbocycles. The van der Waals surface area contributed by atoms with Crippen LogP contribution in [0.15, 0.2) is 10.7 Å². The number of aryl methyl sites for hydroxylation is 1. The van der Waals surface area contributed by atoms with Gasteiger partial charge < -0.3 is 9.84 Å². The average Bonchev–Trinajstić information content (AvgIpc) is 2.53. The van der Waals surface area contributed by atoms with Gasteiger partial charge in [-0.3, -0.25) is 0 Å². The molecule has 1 N–H and O–H groups in total. The molecule has 0 spiro atoms. The number of hydrogen-bond acceptors (Lipinski definition) is 3. The second-order valence-electron chi connectivity index (χ2n) is 3.00. The quantitative estimate of drug-likeness (QED) is 0.685. The van der Waals surface area contributed by atoms with E-state index < -0.39 is 0 Å². The average molecular weight is 152 g/mol. The van der Waals surface area contributed by atoms with Gasteiger partial charge >= 0.3 is 0 Å². The zero-order valence-electron chi connectivity index (χ0n) is 6.63. The lowest BCUT2D eigenvalue weighted by molar-refractivity contribution is 0.385. The topological polar surface area (TPSA) is 38.1 Å². The van der Waals surface area contributed by atoms with Crippen LogP contribution < -0.4 is 5.32 Å². The van der Waals surface area contributed by atoms with Crippen molar-refractivity contribution in [1.82, 2.24) is 10.5 Å². The van der Waals surface area contributed by atoms with E-state index in [-0.39, 0.29) is 0 Å². The van der Waals surface area contributed by atoms with Crippen LogP contribution in [0.5, 0.6) is 0 Å². The van der Waals surface area contributed by atoms with Crippen LogP contribution in [0, 0.1) is 0 Å². The number of nitrogens with zero attached hydrogens (tertiary/aromatic N) is 1. The van der Waals surface area contributed by atoms with Crippen LogP contribution in [-0.2, 0) is 6.42 Å². The molecule has 1 aromatic rings. The van der Waals surface area contributed by atoms with E-state index in [4.69, 9.17) is 4.52 Å². The Balaban J connectivity index is 2.18. The van der Waals surface area contributed by atoms with Crippen molar-refractivity contribution in [1.29, 1.82) is 0 Å². The van der Waals surface area contributed by atoms with Gasteiger partial charge in [-0.15, -0.1) is 0 Å². The van der Waals surface area contributed by atoms with Gasteiger partial charge in [-0.2, -0.15) is 0 Å². The number of likely N-dealkylation sites (N-methyl/N-ethyl adjacent to an activating group) is 1. The predicted octanol–water partition coefficient (Wildman–Crippen LogP) is 0.924. The van der Waals surface area contributed by atoms with Crippen LogP contribution in [0.25, 0.3) is 0 Å². The highest BCUT2D eigenvalue weighted by Gasteiger charge is 2.25. The summed E-state index contributed by atoms with van der Waals surface area (Å²) in [6, 6.07) is 0. The first-order valence-electron chi connectivity index (χ1n) is 4.00. The van der Waals surface area contributed by atoms with E-state index in [1.54, 1.807) is 0 Å². The first kappa shape index (κ1) is 6.85. The molecule has 1 heterocycles. The molecule has 0 aromatic carbocycles. The largest absolute Gasteiger partial charge is 0.361 e. The Hall–Kier alpha value is -0.830. The third-order valence-corrected chi connectivity index (χ3v) is 2.29. The maximum atomic E-state index is 5.07. The van der Waals surface area contributed by atoms with Crippen LogP contribution in [0.3, 0.4) is 0 Å². The highest BCUT2D eigenvalue weighted by Crippen LogP contribution is 2.31. The van der Waals surface area contributed by atoms with Crippen LogP contribution in [0.4, 0.5) is 0 Å². The van der Waals surface area contributed by atoms with E-state index in [0.717, 1.165) is 18.7 Å². The molecule has 1 aromatic heterocycles. The smallest absolute Gasteiger partial charge is 0.140 e. The molecule has 0 radical (unpaired) electrons. The number of hydrogen-bond donors (Lipinski definition) is 1. The third kappa shape index (κ3) is 1.05. The van der Waals surface area contributed by atoms with Crippen LogP contribution in [-0.4, -0.2) is 18.7 Å². The van der Waals surface area contributed by atoms with Crippen molar-refractivity contribution in [3.63, 3.8) is 0 Å². The Bertz CT molecular complexity index is 244. The molecule has 0 amide bonds. The number of rotatable bonds is 2. The highest BCUT2D eigenvalue weighted by molar-refractivity contribution is 5.24. The summed E-state index contributed by atoms with van der Waals surface area (Å²) in [4.78, 5) is 0. The molecule has 1 unspecified atom stereocenters. The molecule has 3 heteroatoms. The molecule has 0 saturated heterocycles. The molecule has 60 valence electrons. The molecule has 2 rings (SSSR count). The van der Waals surface area contributed by atoms with Gasteiger partial charge in [0.15, 0.2) is 0 Å². The van der Waals surface area contributed by atoms with Gasteiger partial charge in [0.1, 0.15) is 5.76 Å². The van der Waals surface area contributed by atoms with E-state index in [1.165, 1.54) is 12.0 Å². The molecule has 1 atom stereocenters. The minimum Gasteiger partial charge on any atom is -0.361 e. The molecule has 3 nitrogen and oxygen atoms in total. The van der Waals surface area contributed by atoms with Crippen molar-refractivity contribution >= 4 is 0 Å². The number of fused-ring (bicyclic) bond motifs is 1. The summed E-state index contributed by atoms with van der Waals surface area (Å²) in [5.41, 5.74) is 1.30. The minimum atomic E-state index is 0.626. The zero-order valence-corrected chi connectivity index (χ0v) is 6.63. The van der Waals surface area contributed by atoms with Crippen LogP contribution in [0.2, 0.25) is 0 Å². The molecule has 0 fully saturated rings. The van der Waals surface area contributed by atoms with Gasteiger partial charge in [-0.1, -0.05) is 5.16 Å². The minimum absolute atomic E-state index is 0.626. The Morgan fingerprint density at radius 1 is 1.82 bits per heavy atom. The van der Waals surface area contributed by atoms with Crippen molar-refractivity contribution in [3.05, 3.63) is 17.5 Å². The van der Waals surface area contributed by atoms with Crippen molar-refractivity contribution in [2.24, 2.45) is 0 Å². The predicted molar refractivity (Wildman–Crippen MR) is 41.5 cm³/mol. The van der Waals surface area contributed by atoms with Gasteiger partial charge in [-0.05, 0) is 13.5 Å². The molecule has 0 aliphatic heterocycles. The summed E-state index contributed by atoms with van der Waals surface area (Å²) < 4.78 is 5.07. The zero-order chi connectivity index (χ0) is 7.68. The monoisotopic (exact) mass is 152 g/mol. The van der Waals surface area contributed by atoms with E-state index >= 15 is 0 Å². The Labute approximate surface area is 65.8 Å². The molecule has 0 saturated carbocycles. The fraction of sp³-hybridized carbons (Fsp3) is 0.625. The SMILES string of the molecule is CNCC1CCc2oncc21. The lowest BCUT2D eigenvalue weighted by Gasteiger charge is -2.06. The summed E-state index contributed by atoms with van der Waals surface area (Å²) in [6.45, 7) is 1.04. The summed E-state index contributed by atoms with van der Waals surface area (Å²) >= 11 is 0. The first-order valence-corrected chi connectivity index (χ1v) is 4.00. The van der Waals surface area contributed by atoms with Crippen molar-refractivity contribution in [3.8, 4) is 0 Å². The highest BCUT2D eigenvalue weighted by atomic mass is 16.5. The molecule has 0 bridgehead atoms. The fourth-order valence-corrected chi connectivity index (χ4v) is 1.71. The van der Waals surface area contributed by atoms with E-state index in [9.17, 15) is 0 Å². The summed E-state index contributed by atoms with van der Waals surface area (Å²) in [7, 11) is 1.98. The van der Waals surface area contributed by atoms with Gasteiger partial charge in [0.2, 0.25) is 0 Å². The normalized spacial score (nSPS) is 22.1. The van der Waals surface area contributed by atoms with Gasteiger partial charge in [0.05, 0.1) is 6.20 Å². The first-order chi connectivity index (χ1) is 5.42. The molecule has 1 aliphatic rings. The third-order valence-electron chi connectivity index (χ3n) is 2.29. The summed E-state index contributed by atoms with van der Waals surface area (Å²) in [5.74, 6) is 1.71. The standard InChI is InChI=1S/C8H12N2O/c1-9-4-6-2-3-8-7(6)5-10-11-8/h5-6,9H,2-4H2,1H3. The van der Waals surface area contributed by atoms with Crippen molar-refractivity contribution < 1.29 is 4.52 Å². The summed E-state index contributed by atoms with van der Waals surface area (Å²) in [5, 5.41) is 6.94. The van der Waals surface area contributed by atoms with Gasteiger partial charge in [0, 0.05) is 24.4 Å². The lowest BCUT2D eigenvalue weighted by atomic mass is 10.1. The van der Waals surface area contributed by atoms with E-state index in [2.05, 4.69) is 10.5 Å². The molecular weight excluding hydrogens is 140 g/mol. The second-order valence-corrected chi connectivity index (χ2v) is 3.00. The Kier molecular flexibility index (Phi) is 1.66. The molecule has 11 heavy (non-hydrogen) atoms. The van der Waals surface area contributed by atoms with E-state index in [0.29, 0.717) is 5.92 Å². The number of aromatic nitrogens is 1. The van der Waals surface area contributed by atoms with Crippen molar-refractivity contribution in [2.75, 3.05) is 13.6 Å². The Morgan fingerprint density at radius 2 is 2.73 bits per heavy atom. The fourth-order valence-electron chi connectivity index (χ4n) is 1.71. The van der Waals surface area contributed by atoms with Gasteiger partial charge in [0.25, 0.3) is 0 Å². The summed E-state index contributed by atoms with van der Waals surface area (Å²) in [6.07, 6.45) is 4.11.